The molecule has 0 fully saturated rings. The van der Waals surface area contributed by atoms with Crippen LogP contribution in [-0.2, 0) is 4.43 Å². The van der Waals surface area contributed by atoms with E-state index in [2.05, 4.69) is 60.4 Å². The maximum absolute atomic E-state index is 9.76. The lowest BCUT2D eigenvalue weighted by molar-refractivity contribution is 0.123. The molecule has 0 aromatic rings. The molecule has 0 amide bonds. The predicted octanol–water partition coefficient (Wildman–Crippen LogP) is 4.42. The Balaban J connectivity index is 5.29. The molecule has 0 aliphatic carbocycles. The van der Waals surface area contributed by atoms with Crippen LogP contribution in [0.4, 0.5) is 0 Å². The van der Waals surface area contributed by atoms with E-state index >= 15 is 0 Å². The summed E-state index contributed by atoms with van der Waals surface area (Å²) >= 11 is 0. The fourth-order valence-corrected chi connectivity index (χ4v) is 7.97. The molecule has 0 spiro atoms. The summed E-state index contributed by atoms with van der Waals surface area (Å²) < 4.78 is 6.73. The molecule has 110 valence electrons. The summed E-state index contributed by atoms with van der Waals surface area (Å²) in [5.41, 5.74) is 0. The van der Waals surface area contributed by atoms with Gasteiger partial charge in [-0.2, -0.15) is 0 Å². The lowest BCUT2D eigenvalue weighted by Crippen LogP contribution is -2.60. The summed E-state index contributed by atoms with van der Waals surface area (Å²) in [5, 5.41) is 9.72. The van der Waals surface area contributed by atoms with Gasteiger partial charge in [-0.1, -0.05) is 40.4 Å². The van der Waals surface area contributed by atoms with E-state index in [9.17, 15) is 5.11 Å². The molecule has 18 heavy (non-hydrogen) atoms. The van der Waals surface area contributed by atoms with Gasteiger partial charge in [-0.3, -0.25) is 0 Å². The van der Waals surface area contributed by atoms with Gasteiger partial charge in [0.2, 0.25) is 0 Å². The minimum atomic E-state index is -1.94. The number of hydrogen-bond donors (Lipinski definition) is 1. The van der Waals surface area contributed by atoms with Crippen LogP contribution in [0, 0.1) is 0 Å². The van der Waals surface area contributed by atoms with Crippen LogP contribution in [0.15, 0.2) is 0 Å². The van der Waals surface area contributed by atoms with E-state index in [4.69, 9.17) is 4.43 Å². The highest BCUT2D eigenvalue weighted by Gasteiger charge is 2.50. The second-order valence-electron chi connectivity index (χ2n) is 7.52. The normalized spacial score (nSPS) is 20.3. The Morgan fingerprint density at radius 2 is 1.39 bits per heavy atom. The van der Waals surface area contributed by atoms with Gasteiger partial charge in [0, 0.05) is 16.9 Å². The van der Waals surface area contributed by atoms with Crippen LogP contribution in [0.5, 0.6) is 0 Å². The smallest absolute Gasteiger partial charge is 0.195 e. The van der Waals surface area contributed by atoms with E-state index in [1.165, 1.54) is 0 Å². The Morgan fingerprint density at radius 3 is 1.61 bits per heavy atom. The summed E-state index contributed by atoms with van der Waals surface area (Å²) in [4.78, 5) is 0. The molecule has 0 aliphatic heterocycles. The SMILES string of the molecule is CCC(C)(O[Si](C)(C)C(C)(CC)CO)[Si](C)(C)C. The van der Waals surface area contributed by atoms with Crippen molar-refractivity contribution in [1.82, 2.24) is 0 Å². The van der Waals surface area contributed by atoms with Crippen molar-refractivity contribution in [2.24, 2.45) is 0 Å². The third kappa shape index (κ3) is 3.47. The molecule has 0 radical (unpaired) electrons. The van der Waals surface area contributed by atoms with E-state index in [1.54, 1.807) is 0 Å². The lowest BCUT2D eigenvalue weighted by Gasteiger charge is -2.50. The number of hydrogen-bond acceptors (Lipinski definition) is 2. The number of rotatable bonds is 7. The Labute approximate surface area is 116 Å². The zero-order chi connectivity index (χ0) is 14.8. The molecule has 0 aromatic heterocycles. The molecule has 0 saturated carbocycles. The third-order valence-electron chi connectivity index (χ3n) is 5.32. The maximum atomic E-state index is 9.76. The van der Waals surface area contributed by atoms with Crippen LogP contribution >= 0.6 is 0 Å². The first kappa shape index (κ1) is 18.4. The van der Waals surface area contributed by atoms with Crippen LogP contribution in [-0.4, -0.2) is 33.3 Å². The van der Waals surface area contributed by atoms with Crippen molar-refractivity contribution in [1.29, 1.82) is 0 Å². The molecule has 0 heterocycles. The average Bonchev–Trinajstić information content (AvgIpc) is 2.25. The van der Waals surface area contributed by atoms with E-state index in [-0.39, 0.29) is 16.9 Å². The molecule has 0 aromatic carbocycles. The molecule has 4 heteroatoms. The van der Waals surface area contributed by atoms with Crippen molar-refractivity contribution in [3.8, 4) is 0 Å². The van der Waals surface area contributed by atoms with Crippen LogP contribution in [0.1, 0.15) is 40.5 Å². The van der Waals surface area contributed by atoms with Gasteiger partial charge in [0.25, 0.3) is 0 Å². The third-order valence-corrected chi connectivity index (χ3v) is 13.5. The van der Waals surface area contributed by atoms with E-state index in [1.807, 2.05) is 0 Å². The van der Waals surface area contributed by atoms with Gasteiger partial charge in [0.15, 0.2) is 8.32 Å². The Kier molecular flexibility index (Phi) is 5.89. The van der Waals surface area contributed by atoms with Gasteiger partial charge >= 0.3 is 0 Å². The quantitative estimate of drug-likeness (QED) is 0.703. The first-order chi connectivity index (χ1) is 7.89. The fraction of sp³-hybridized carbons (Fsp3) is 1.00. The first-order valence-electron chi connectivity index (χ1n) is 7.20. The zero-order valence-corrected chi connectivity index (χ0v) is 16.0. The van der Waals surface area contributed by atoms with Crippen molar-refractivity contribution in [3.05, 3.63) is 0 Å². The van der Waals surface area contributed by atoms with E-state index in [0.29, 0.717) is 0 Å². The summed E-state index contributed by atoms with van der Waals surface area (Å²) in [7, 11) is -3.33. The van der Waals surface area contributed by atoms with Crippen LogP contribution in [0.3, 0.4) is 0 Å². The fourth-order valence-electron chi connectivity index (χ4n) is 2.17. The minimum absolute atomic E-state index is 0.00826. The van der Waals surface area contributed by atoms with Crippen molar-refractivity contribution in [3.63, 3.8) is 0 Å². The molecule has 0 rings (SSSR count). The largest absolute Gasteiger partial charge is 0.414 e. The predicted molar refractivity (Wildman–Crippen MR) is 86.4 cm³/mol. The summed E-state index contributed by atoms with van der Waals surface area (Å²) in [6.45, 7) is 20.7. The first-order valence-corrected chi connectivity index (χ1v) is 13.6. The second-order valence-corrected chi connectivity index (χ2v) is 17.5. The van der Waals surface area contributed by atoms with Gasteiger partial charge in [-0.05, 0) is 32.9 Å². The topological polar surface area (TPSA) is 29.5 Å². The molecule has 1 N–H and O–H groups in total. The Morgan fingerprint density at radius 1 is 0.944 bits per heavy atom. The highest BCUT2D eigenvalue weighted by molar-refractivity contribution is 6.81. The average molecular weight is 291 g/mol. The van der Waals surface area contributed by atoms with Gasteiger partial charge in [-0.25, -0.2) is 0 Å². The molecular weight excluding hydrogens is 256 g/mol. The van der Waals surface area contributed by atoms with Gasteiger partial charge in [0.05, 0.1) is 8.07 Å². The lowest BCUT2D eigenvalue weighted by atomic mass is 10.1. The van der Waals surface area contributed by atoms with Crippen molar-refractivity contribution < 1.29 is 9.53 Å². The van der Waals surface area contributed by atoms with E-state index < -0.39 is 16.4 Å². The standard InChI is InChI=1S/C14H34O2Si2/c1-10-13(3,12-15)18(8,9)16-14(4,11-2)17(5,6)7/h15H,10-12H2,1-9H3. The van der Waals surface area contributed by atoms with E-state index in [0.717, 1.165) is 12.8 Å². The molecule has 2 atom stereocenters. The minimum Gasteiger partial charge on any atom is -0.414 e. The number of aliphatic hydroxyl groups excluding tert-OH is 1. The molecule has 0 aliphatic rings. The van der Waals surface area contributed by atoms with Gasteiger partial charge in [-0.15, -0.1) is 0 Å². The van der Waals surface area contributed by atoms with Crippen molar-refractivity contribution >= 4 is 16.4 Å². The van der Waals surface area contributed by atoms with Crippen LogP contribution in [0.2, 0.25) is 37.8 Å². The van der Waals surface area contributed by atoms with Gasteiger partial charge in [0.1, 0.15) is 0 Å². The molecular formula is C14H34O2Si2. The van der Waals surface area contributed by atoms with Crippen LogP contribution in [0.25, 0.3) is 0 Å². The summed E-state index contributed by atoms with van der Waals surface area (Å²) in [5.74, 6) is 0. The number of aliphatic hydroxyl groups is 1. The Hall–Kier alpha value is 0.354. The molecule has 0 saturated heterocycles. The highest BCUT2D eigenvalue weighted by Crippen LogP contribution is 2.45. The molecule has 0 bridgehead atoms. The second kappa shape index (κ2) is 5.77. The van der Waals surface area contributed by atoms with Crippen molar-refractivity contribution in [2.45, 2.75) is 83.5 Å². The maximum Gasteiger partial charge on any atom is 0.195 e. The van der Waals surface area contributed by atoms with Gasteiger partial charge < -0.3 is 9.53 Å². The monoisotopic (exact) mass is 290 g/mol. The van der Waals surface area contributed by atoms with Crippen molar-refractivity contribution in [2.75, 3.05) is 6.61 Å². The van der Waals surface area contributed by atoms with Crippen LogP contribution < -0.4 is 0 Å². The zero-order valence-electron chi connectivity index (χ0n) is 14.0. The summed E-state index contributed by atoms with van der Waals surface area (Å²) in [6.07, 6.45) is 2.04. The molecule has 2 unspecified atom stereocenters. The highest BCUT2D eigenvalue weighted by atomic mass is 28.4. The molecule has 2 nitrogen and oxygen atoms in total. The summed E-state index contributed by atoms with van der Waals surface area (Å²) in [6, 6.07) is 0. The Bertz CT molecular complexity index is 267.